The minimum absolute atomic E-state index is 0.0945. The zero-order valence-electron chi connectivity index (χ0n) is 18.1. The molecule has 0 fully saturated rings. The number of anilines is 2. The number of benzene rings is 2. The zero-order valence-corrected chi connectivity index (χ0v) is 22.0. The van der Waals surface area contributed by atoms with Crippen LogP contribution in [-0.2, 0) is 9.84 Å². The van der Waals surface area contributed by atoms with Crippen molar-refractivity contribution in [3.05, 3.63) is 53.6 Å². The fourth-order valence-electron chi connectivity index (χ4n) is 2.80. The summed E-state index contributed by atoms with van der Waals surface area (Å²) in [5, 5.41) is 10.3. The predicted octanol–water partition coefficient (Wildman–Crippen LogP) is 5.13. The molecule has 0 spiro atoms. The molecule has 7 nitrogen and oxygen atoms in total. The second-order valence-electron chi connectivity index (χ2n) is 7.05. The molecule has 2 rings (SSSR count). The van der Waals surface area contributed by atoms with Gasteiger partial charge in [0.05, 0.1) is 16.3 Å². The molecular formula is C20H20Cl3F3N4O3S2. The normalized spacial score (nSPS) is 13.0. The summed E-state index contributed by atoms with van der Waals surface area (Å²) in [5.41, 5.74) is -4.36. The summed E-state index contributed by atoms with van der Waals surface area (Å²) in [4.78, 5) is 11.7. The van der Waals surface area contributed by atoms with Gasteiger partial charge < -0.3 is 21.3 Å². The molecule has 0 radical (unpaired) electrons. The van der Waals surface area contributed by atoms with Crippen molar-refractivity contribution in [1.82, 2.24) is 10.6 Å². The number of nitrogens with one attached hydrogen (secondary N) is 4. The first kappa shape index (κ1) is 29.2. The van der Waals surface area contributed by atoms with E-state index in [4.69, 9.17) is 47.0 Å². The number of aryl methyl sites for hydroxylation is 1. The highest BCUT2D eigenvalue weighted by Crippen LogP contribution is 2.34. The maximum atomic E-state index is 13.0. The first-order valence-electron chi connectivity index (χ1n) is 9.78. The van der Waals surface area contributed by atoms with Crippen LogP contribution >= 0.6 is 47.0 Å². The lowest BCUT2D eigenvalue weighted by molar-refractivity contribution is -0.0436. The van der Waals surface area contributed by atoms with E-state index in [9.17, 15) is 26.4 Å². The van der Waals surface area contributed by atoms with Crippen LogP contribution in [0, 0.1) is 6.92 Å². The summed E-state index contributed by atoms with van der Waals surface area (Å²) in [6.07, 6.45) is -1.37. The van der Waals surface area contributed by atoms with Crippen LogP contribution in [0.15, 0.2) is 47.4 Å². The van der Waals surface area contributed by atoms with Crippen molar-refractivity contribution in [2.24, 2.45) is 0 Å². The molecule has 2 aromatic carbocycles. The molecule has 0 saturated carbocycles. The summed E-state index contributed by atoms with van der Waals surface area (Å²) in [7, 11) is -5.62. The second kappa shape index (κ2) is 11.4. The lowest BCUT2D eigenvalue weighted by Crippen LogP contribution is -2.56. The Labute approximate surface area is 220 Å². The van der Waals surface area contributed by atoms with E-state index in [1.165, 1.54) is 0 Å². The molecule has 0 aliphatic carbocycles. The van der Waals surface area contributed by atoms with E-state index in [1.54, 1.807) is 38.1 Å². The first-order chi connectivity index (χ1) is 16.1. The Morgan fingerprint density at radius 2 is 1.69 bits per heavy atom. The number of amides is 1. The van der Waals surface area contributed by atoms with Crippen LogP contribution in [0.4, 0.5) is 24.5 Å². The van der Waals surface area contributed by atoms with Crippen molar-refractivity contribution < 1.29 is 26.4 Å². The van der Waals surface area contributed by atoms with Gasteiger partial charge in [0.15, 0.2) is 5.11 Å². The van der Waals surface area contributed by atoms with Gasteiger partial charge in [-0.05, 0) is 55.9 Å². The van der Waals surface area contributed by atoms with Crippen LogP contribution < -0.4 is 21.3 Å². The molecule has 35 heavy (non-hydrogen) atoms. The third-order valence-electron chi connectivity index (χ3n) is 4.49. The molecule has 0 aliphatic heterocycles. The van der Waals surface area contributed by atoms with Crippen LogP contribution in [0.1, 0.15) is 22.8 Å². The van der Waals surface area contributed by atoms with E-state index in [-0.39, 0.29) is 16.5 Å². The average molecular weight is 592 g/mol. The number of hydrogen-bond donors (Lipinski definition) is 4. The van der Waals surface area contributed by atoms with Gasteiger partial charge in [0.1, 0.15) is 6.17 Å². The van der Waals surface area contributed by atoms with E-state index >= 15 is 0 Å². The van der Waals surface area contributed by atoms with E-state index in [1.807, 2.05) is 0 Å². The van der Waals surface area contributed by atoms with Crippen molar-refractivity contribution >= 4 is 79.3 Å². The Morgan fingerprint density at radius 1 is 1.06 bits per heavy atom. The van der Waals surface area contributed by atoms with E-state index < -0.39 is 36.1 Å². The molecule has 0 heterocycles. The smallest absolute Gasteiger partial charge is 0.384 e. The topological polar surface area (TPSA) is 99.3 Å². The van der Waals surface area contributed by atoms with Crippen LogP contribution in [-0.4, -0.2) is 41.4 Å². The van der Waals surface area contributed by atoms with Gasteiger partial charge in [0.2, 0.25) is 3.79 Å². The minimum Gasteiger partial charge on any atom is -0.384 e. The molecule has 4 N–H and O–H groups in total. The van der Waals surface area contributed by atoms with Crippen LogP contribution in [0.3, 0.4) is 0 Å². The summed E-state index contributed by atoms with van der Waals surface area (Å²) in [6, 6.07) is 9.40. The number of hydrogen-bond acceptors (Lipinski definition) is 5. The van der Waals surface area contributed by atoms with Gasteiger partial charge in [-0.2, -0.15) is 13.2 Å². The molecular weight excluding hydrogens is 572 g/mol. The van der Waals surface area contributed by atoms with Crippen molar-refractivity contribution in [1.29, 1.82) is 0 Å². The predicted molar refractivity (Wildman–Crippen MR) is 136 cm³/mol. The minimum atomic E-state index is -5.62. The zero-order chi connectivity index (χ0) is 26.6. The van der Waals surface area contributed by atoms with E-state index in [0.29, 0.717) is 17.7 Å². The van der Waals surface area contributed by atoms with E-state index in [2.05, 4.69) is 21.3 Å². The first-order valence-corrected chi connectivity index (χ1v) is 12.8. The highest BCUT2D eigenvalue weighted by atomic mass is 35.6. The molecule has 1 atom stereocenters. The Morgan fingerprint density at radius 3 is 2.23 bits per heavy atom. The fourth-order valence-corrected chi connectivity index (χ4v) is 4.14. The molecule has 192 valence electrons. The van der Waals surface area contributed by atoms with Gasteiger partial charge >= 0.3 is 5.51 Å². The number of rotatable bonds is 7. The molecule has 1 amide bonds. The highest BCUT2D eigenvalue weighted by molar-refractivity contribution is 7.92. The molecule has 0 saturated heterocycles. The number of alkyl halides is 6. The number of carbonyl (C=O) groups is 1. The van der Waals surface area contributed by atoms with Gasteiger partial charge in [-0.1, -0.05) is 53.0 Å². The quantitative estimate of drug-likeness (QED) is 0.201. The maximum absolute atomic E-state index is 13.0. The lowest BCUT2D eigenvalue weighted by atomic mass is 10.1. The highest BCUT2D eigenvalue weighted by Gasteiger charge is 2.47. The van der Waals surface area contributed by atoms with Gasteiger partial charge in [0.25, 0.3) is 15.7 Å². The lowest BCUT2D eigenvalue weighted by Gasteiger charge is -2.28. The largest absolute Gasteiger partial charge is 0.501 e. The summed E-state index contributed by atoms with van der Waals surface area (Å²) < 4.78 is 60.6. The monoisotopic (exact) mass is 590 g/mol. The molecule has 0 bridgehead atoms. The van der Waals surface area contributed by atoms with Crippen molar-refractivity contribution in [2.75, 3.05) is 17.2 Å². The molecule has 15 heteroatoms. The van der Waals surface area contributed by atoms with Crippen LogP contribution in [0.5, 0.6) is 0 Å². The Hall–Kier alpha value is -1.99. The summed E-state index contributed by atoms with van der Waals surface area (Å²) in [5.74, 6) is -0.582. The number of halogens is 6. The third-order valence-corrected chi connectivity index (χ3v) is 6.85. The van der Waals surface area contributed by atoms with Crippen LogP contribution in [0.2, 0.25) is 0 Å². The Bertz CT molecular complexity index is 1210. The van der Waals surface area contributed by atoms with Crippen LogP contribution in [0.25, 0.3) is 0 Å². The maximum Gasteiger partial charge on any atom is 0.501 e. The number of carbonyl (C=O) groups excluding carboxylic acids is 1. The van der Waals surface area contributed by atoms with E-state index in [0.717, 1.165) is 18.2 Å². The van der Waals surface area contributed by atoms with Crippen molar-refractivity contribution in [3.63, 3.8) is 0 Å². The summed E-state index contributed by atoms with van der Waals surface area (Å²) >= 11 is 23.1. The molecule has 0 aromatic heterocycles. The second-order valence-corrected chi connectivity index (χ2v) is 11.8. The summed E-state index contributed by atoms with van der Waals surface area (Å²) in [6.45, 7) is 3.80. The molecule has 1 unspecified atom stereocenters. The SMILES string of the molecule is CCNc1ccc(S(=O)(=O)C(F)(F)F)cc1NC(=S)NC(NC(=O)c1ccccc1C)C(Cl)(Cl)Cl. The standard InChI is InChI=1S/C20H20Cl3F3N4O3S2/c1-3-27-14-9-8-12(35(32,33)20(24,25)26)10-15(14)28-18(34)30-17(19(21,22)23)29-16(31)13-7-5-4-6-11(13)2/h4-10,17,27H,3H2,1-2H3,(H,29,31)(H2,28,30,34). The molecule has 2 aromatic rings. The molecule has 0 aliphatic rings. The Balaban J connectivity index is 2.31. The number of thiocarbonyl (C=S) groups is 1. The van der Waals surface area contributed by atoms with Crippen molar-refractivity contribution in [3.8, 4) is 0 Å². The fraction of sp³-hybridized carbons (Fsp3) is 0.300. The van der Waals surface area contributed by atoms with Crippen molar-refractivity contribution in [2.45, 2.75) is 34.2 Å². The third kappa shape index (κ3) is 7.50. The van der Waals surface area contributed by atoms with Gasteiger partial charge in [0, 0.05) is 12.1 Å². The van der Waals surface area contributed by atoms with Gasteiger partial charge in [-0.3, -0.25) is 4.79 Å². The average Bonchev–Trinajstić information content (AvgIpc) is 2.73. The number of sulfone groups is 1. The Kier molecular flexibility index (Phi) is 9.51. The van der Waals surface area contributed by atoms with Gasteiger partial charge in [-0.15, -0.1) is 0 Å². The van der Waals surface area contributed by atoms with Gasteiger partial charge in [-0.25, -0.2) is 8.42 Å².